The Morgan fingerprint density at radius 3 is 2.80 bits per heavy atom. The normalized spacial score (nSPS) is 15.9. The van der Waals surface area contributed by atoms with Crippen LogP contribution in [0.15, 0.2) is 24.3 Å². The second kappa shape index (κ2) is 6.55. The minimum atomic E-state index is -0.00552. The van der Waals surface area contributed by atoms with Gasteiger partial charge in [0.25, 0.3) is 5.91 Å². The first kappa shape index (κ1) is 14.6. The van der Waals surface area contributed by atoms with Crippen molar-refractivity contribution >= 4 is 11.8 Å². The molecule has 0 bridgehead atoms. The molecule has 4 heteroatoms. The molecule has 0 radical (unpaired) electrons. The smallest absolute Gasteiger partial charge is 0.253 e. The van der Waals surface area contributed by atoms with Crippen LogP contribution in [-0.2, 0) is 11.3 Å². The molecule has 108 valence electrons. The molecule has 1 aliphatic heterocycles. The predicted molar refractivity (Wildman–Crippen MR) is 78.3 cm³/mol. The van der Waals surface area contributed by atoms with Crippen molar-refractivity contribution < 1.29 is 9.59 Å². The zero-order valence-electron chi connectivity index (χ0n) is 12.3. The van der Waals surface area contributed by atoms with Crippen LogP contribution in [0.3, 0.4) is 0 Å². The highest BCUT2D eigenvalue weighted by atomic mass is 16.2. The molecule has 0 N–H and O–H groups in total. The zero-order chi connectivity index (χ0) is 14.5. The number of nitrogens with zero attached hydrogens (tertiary/aromatic N) is 2. The third-order valence-electron chi connectivity index (χ3n) is 3.62. The maximum Gasteiger partial charge on any atom is 0.253 e. The standard InChI is InChI=1S/C16H22N2O2/c1-17(2)16(20)14-8-6-7-13(11-14)12-18-10-5-3-4-9-15(18)19/h6-8,11H,3-5,9-10,12H2,1-2H3. The molecule has 2 amide bonds. The molecule has 0 unspecified atom stereocenters. The van der Waals surface area contributed by atoms with E-state index in [-0.39, 0.29) is 11.8 Å². The number of hydrogen-bond acceptors (Lipinski definition) is 2. The highest BCUT2D eigenvalue weighted by molar-refractivity contribution is 5.94. The fourth-order valence-corrected chi connectivity index (χ4v) is 2.49. The average molecular weight is 274 g/mol. The molecule has 1 aliphatic rings. The second-order valence-electron chi connectivity index (χ2n) is 5.53. The van der Waals surface area contributed by atoms with Gasteiger partial charge >= 0.3 is 0 Å². The van der Waals surface area contributed by atoms with Crippen LogP contribution in [0.5, 0.6) is 0 Å². The molecule has 0 atom stereocenters. The van der Waals surface area contributed by atoms with E-state index in [0.29, 0.717) is 18.5 Å². The molecule has 20 heavy (non-hydrogen) atoms. The topological polar surface area (TPSA) is 40.6 Å². The van der Waals surface area contributed by atoms with E-state index in [4.69, 9.17) is 0 Å². The Morgan fingerprint density at radius 1 is 1.25 bits per heavy atom. The van der Waals surface area contributed by atoms with Gasteiger partial charge in [0.2, 0.25) is 5.91 Å². The third-order valence-corrected chi connectivity index (χ3v) is 3.62. The van der Waals surface area contributed by atoms with Crippen molar-refractivity contribution in [1.29, 1.82) is 0 Å². The first-order chi connectivity index (χ1) is 9.58. The molecule has 0 spiro atoms. The first-order valence-electron chi connectivity index (χ1n) is 7.16. The van der Waals surface area contributed by atoms with Gasteiger partial charge < -0.3 is 9.80 Å². The predicted octanol–water partition coefficient (Wildman–Crippen LogP) is 2.29. The molecular formula is C16H22N2O2. The lowest BCUT2D eigenvalue weighted by atomic mass is 10.1. The Morgan fingerprint density at radius 2 is 2.05 bits per heavy atom. The molecule has 1 aromatic rings. The van der Waals surface area contributed by atoms with Gasteiger partial charge in [-0.15, -0.1) is 0 Å². The maximum absolute atomic E-state index is 12.0. The Hall–Kier alpha value is -1.84. The van der Waals surface area contributed by atoms with Gasteiger partial charge in [-0.2, -0.15) is 0 Å². The van der Waals surface area contributed by atoms with E-state index in [2.05, 4.69) is 0 Å². The van der Waals surface area contributed by atoms with Crippen LogP contribution in [0.25, 0.3) is 0 Å². The summed E-state index contributed by atoms with van der Waals surface area (Å²) in [4.78, 5) is 27.4. The van der Waals surface area contributed by atoms with Crippen LogP contribution in [0.2, 0.25) is 0 Å². The van der Waals surface area contributed by atoms with E-state index < -0.39 is 0 Å². The Balaban J connectivity index is 2.11. The quantitative estimate of drug-likeness (QED) is 0.848. The molecule has 0 aromatic heterocycles. The van der Waals surface area contributed by atoms with Gasteiger partial charge in [0.1, 0.15) is 0 Å². The highest BCUT2D eigenvalue weighted by Gasteiger charge is 2.17. The van der Waals surface area contributed by atoms with E-state index in [9.17, 15) is 9.59 Å². The summed E-state index contributed by atoms with van der Waals surface area (Å²) in [6.45, 7) is 1.43. The monoisotopic (exact) mass is 274 g/mol. The van der Waals surface area contributed by atoms with Crippen LogP contribution in [-0.4, -0.2) is 42.3 Å². The minimum absolute atomic E-state index is 0.00552. The second-order valence-corrected chi connectivity index (χ2v) is 5.53. The van der Waals surface area contributed by atoms with Gasteiger partial charge in [-0.1, -0.05) is 18.6 Å². The summed E-state index contributed by atoms with van der Waals surface area (Å²) >= 11 is 0. The van der Waals surface area contributed by atoms with Gasteiger partial charge in [-0.05, 0) is 30.5 Å². The Kier molecular flexibility index (Phi) is 4.77. The summed E-state index contributed by atoms with van der Waals surface area (Å²) in [7, 11) is 3.49. The number of benzene rings is 1. The third kappa shape index (κ3) is 3.59. The van der Waals surface area contributed by atoms with Gasteiger partial charge in [0.05, 0.1) is 0 Å². The van der Waals surface area contributed by atoms with Crippen molar-refractivity contribution in [2.24, 2.45) is 0 Å². The Bertz CT molecular complexity index is 497. The summed E-state index contributed by atoms with van der Waals surface area (Å²) in [5.74, 6) is 0.223. The molecule has 1 fully saturated rings. The van der Waals surface area contributed by atoms with Crippen molar-refractivity contribution in [1.82, 2.24) is 9.80 Å². The van der Waals surface area contributed by atoms with E-state index >= 15 is 0 Å². The Labute approximate surface area is 120 Å². The molecule has 2 rings (SSSR count). The molecule has 1 heterocycles. The van der Waals surface area contributed by atoms with Gasteiger partial charge in [0, 0.05) is 39.2 Å². The van der Waals surface area contributed by atoms with E-state index in [1.807, 2.05) is 29.2 Å². The lowest BCUT2D eigenvalue weighted by molar-refractivity contribution is -0.131. The number of hydrogen-bond donors (Lipinski definition) is 0. The number of rotatable bonds is 3. The van der Waals surface area contributed by atoms with Crippen molar-refractivity contribution in [2.45, 2.75) is 32.2 Å². The summed E-state index contributed by atoms with van der Waals surface area (Å²) < 4.78 is 0. The molecule has 4 nitrogen and oxygen atoms in total. The van der Waals surface area contributed by atoms with E-state index in [1.165, 1.54) is 0 Å². The van der Waals surface area contributed by atoms with Crippen molar-refractivity contribution in [3.63, 3.8) is 0 Å². The van der Waals surface area contributed by atoms with Crippen molar-refractivity contribution in [3.05, 3.63) is 35.4 Å². The summed E-state index contributed by atoms with van der Waals surface area (Å²) in [5.41, 5.74) is 1.70. The van der Waals surface area contributed by atoms with Crippen molar-refractivity contribution in [3.8, 4) is 0 Å². The zero-order valence-corrected chi connectivity index (χ0v) is 12.3. The summed E-state index contributed by atoms with van der Waals surface area (Å²) in [6, 6.07) is 7.57. The maximum atomic E-state index is 12.0. The molecule has 0 saturated carbocycles. The number of likely N-dealkylation sites (tertiary alicyclic amines) is 1. The van der Waals surface area contributed by atoms with Crippen LogP contribution >= 0.6 is 0 Å². The molecular weight excluding hydrogens is 252 g/mol. The van der Waals surface area contributed by atoms with Crippen LogP contribution in [0, 0.1) is 0 Å². The molecule has 0 aliphatic carbocycles. The number of carbonyl (C=O) groups is 2. The number of carbonyl (C=O) groups excluding carboxylic acids is 2. The minimum Gasteiger partial charge on any atom is -0.345 e. The SMILES string of the molecule is CN(C)C(=O)c1cccc(CN2CCCCCC2=O)c1. The average Bonchev–Trinajstić information content (AvgIpc) is 2.63. The van der Waals surface area contributed by atoms with Crippen LogP contribution in [0.1, 0.15) is 41.6 Å². The molecule has 1 saturated heterocycles. The van der Waals surface area contributed by atoms with Crippen LogP contribution < -0.4 is 0 Å². The fraction of sp³-hybridized carbons (Fsp3) is 0.500. The lowest BCUT2D eigenvalue weighted by Crippen LogP contribution is -2.29. The van der Waals surface area contributed by atoms with Gasteiger partial charge in [-0.3, -0.25) is 9.59 Å². The van der Waals surface area contributed by atoms with Crippen LogP contribution in [0.4, 0.5) is 0 Å². The summed E-state index contributed by atoms with van der Waals surface area (Å²) in [6.07, 6.45) is 3.84. The van der Waals surface area contributed by atoms with Gasteiger partial charge in [0.15, 0.2) is 0 Å². The highest BCUT2D eigenvalue weighted by Crippen LogP contribution is 2.15. The first-order valence-corrected chi connectivity index (χ1v) is 7.16. The molecule has 1 aromatic carbocycles. The largest absolute Gasteiger partial charge is 0.345 e. The lowest BCUT2D eigenvalue weighted by Gasteiger charge is -2.21. The van der Waals surface area contributed by atoms with E-state index in [0.717, 1.165) is 31.4 Å². The van der Waals surface area contributed by atoms with Crippen molar-refractivity contribution in [2.75, 3.05) is 20.6 Å². The van der Waals surface area contributed by atoms with E-state index in [1.54, 1.807) is 19.0 Å². The summed E-state index contributed by atoms with van der Waals surface area (Å²) in [5, 5.41) is 0. The fourth-order valence-electron chi connectivity index (χ4n) is 2.49. The number of amides is 2. The van der Waals surface area contributed by atoms with Gasteiger partial charge in [-0.25, -0.2) is 0 Å².